The smallest absolute Gasteiger partial charge is 0.340 e. The van der Waals surface area contributed by atoms with Gasteiger partial charge in [-0.15, -0.1) is 5.10 Å². The Hall–Kier alpha value is -3.87. The van der Waals surface area contributed by atoms with Gasteiger partial charge >= 0.3 is 5.63 Å². The molecule has 7 nitrogen and oxygen atoms in total. The molecule has 0 saturated carbocycles. The van der Waals surface area contributed by atoms with Gasteiger partial charge in [0.05, 0.1) is 24.8 Å². The third kappa shape index (κ3) is 3.89. The van der Waals surface area contributed by atoms with E-state index >= 15 is 0 Å². The lowest BCUT2D eigenvalue weighted by molar-refractivity contribution is -0.115. The van der Waals surface area contributed by atoms with Gasteiger partial charge in [0, 0.05) is 22.7 Å². The van der Waals surface area contributed by atoms with E-state index in [0.717, 1.165) is 33.5 Å². The Balaban J connectivity index is 1.59. The number of benzene rings is 2. The van der Waals surface area contributed by atoms with E-state index in [9.17, 15) is 9.59 Å². The van der Waals surface area contributed by atoms with E-state index in [1.54, 1.807) is 17.9 Å². The Morgan fingerprint density at radius 3 is 2.47 bits per heavy atom. The van der Waals surface area contributed by atoms with Crippen molar-refractivity contribution in [3.63, 3.8) is 0 Å². The van der Waals surface area contributed by atoms with Crippen molar-refractivity contribution in [3.8, 4) is 11.4 Å². The predicted molar refractivity (Wildman–Crippen MR) is 124 cm³/mol. The number of carbonyl (C=O) groups excluding carboxylic acids is 1. The number of fused-ring (bicyclic) bond motifs is 1. The Bertz CT molecular complexity index is 1380. The van der Waals surface area contributed by atoms with Crippen LogP contribution in [0.5, 0.6) is 5.75 Å². The van der Waals surface area contributed by atoms with Crippen LogP contribution in [0.2, 0.25) is 0 Å². The highest BCUT2D eigenvalue weighted by molar-refractivity contribution is 5.93. The molecular formula is C25H25N3O4. The van der Waals surface area contributed by atoms with Crippen LogP contribution in [0.4, 0.5) is 5.82 Å². The number of nitrogens with one attached hydrogen (secondary N) is 1. The molecule has 32 heavy (non-hydrogen) atoms. The molecule has 7 heteroatoms. The number of rotatable bonds is 5. The second-order valence-corrected chi connectivity index (χ2v) is 7.91. The minimum Gasteiger partial charge on any atom is -0.496 e. The van der Waals surface area contributed by atoms with Crippen LogP contribution in [0, 0.1) is 27.7 Å². The van der Waals surface area contributed by atoms with E-state index in [-0.39, 0.29) is 12.3 Å². The molecule has 0 unspecified atom stereocenters. The molecular weight excluding hydrogens is 406 g/mol. The number of carbonyl (C=O) groups is 1. The number of nitrogens with zero attached hydrogens (tertiary/aromatic N) is 2. The third-order valence-corrected chi connectivity index (χ3v) is 5.64. The lowest BCUT2D eigenvalue weighted by Gasteiger charge is -2.11. The number of anilines is 1. The summed E-state index contributed by atoms with van der Waals surface area (Å²) in [6, 6.07) is 13.4. The maximum absolute atomic E-state index is 12.7. The lowest BCUT2D eigenvalue weighted by atomic mass is 10.0. The Kier molecular flexibility index (Phi) is 5.57. The van der Waals surface area contributed by atoms with Crippen molar-refractivity contribution in [2.45, 2.75) is 34.1 Å². The topological polar surface area (TPSA) is 86.4 Å². The first-order chi connectivity index (χ1) is 15.3. The van der Waals surface area contributed by atoms with Crippen molar-refractivity contribution in [1.29, 1.82) is 0 Å². The molecule has 0 saturated heterocycles. The summed E-state index contributed by atoms with van der Waals surface area (Å²) in [4.78, 5) is 25.4. The van der Waals surface area contributed by atoms with Crippen LogP contribution in [0.15, 0.2) is 51.7 Å². The summed E-state index contributed by atoms with van der Waals surface area (Å²) >= 11 is 0. The number of aromatic nitrogens is 2. The molecule has 0 bridgehead atoms. The molecule has 0 spiro atoms. The molecule has 0 atom stereocenters. The normalized spacial score (nSPS) is 11.0. The molecule has 2 aromatic carbocycles. The molecule has 2 aromatic heterocycles. The van der Waals surface area contributed by atoms with Gasteiger partial charge in [0.1, 0.15) is 11.3 Å². The summed E-state index contributed by atoms with van der Waals surface area (Å²) in [6.45, 7) is 7.60. The monoisotopic (exact) mass is 431 g/mol. The molecule has 4 aromatic rings. The van der Waals surface area contributed by atoms with E-state index in [1.165, 1.54) is 0 Å². The zero-order valence-electron chi connectivity index (χ0n) is 18.8. The minimum atomic E-state index is -0.525. The summed E-state index contributed by atoms with van der Waals surface area (Å²) in [5.74, 6) is 0.736. The number of ether oxygens (including phenoxy) is 1. The van der Waals surface area contributed by atoms with Crippen LogP contribution in [0.25, 0.3) is 16.7 Å². The van der Waals surface area contributed by atoms with E-state index in [1.807, 2.05) is 64.1 Å². The SMILES string of the molecule is COc1ccc2c(C)c(CC(=O)Nc3cc(C)n(-c4ccc(C)cc4)n3)c(=O)oc2c1C. The van der Waals surface area contributed by atoms with Gasteiger partial charge in [0.25, 0.3) is 0 Å². The lowest BCUT2D eigenvalue weighted by Crippen LogP contribution is -2.21. The fourth-order valence-corrected chi connectivity index (χ4v) is 3.83. The summed E-state index contributed by atoms with van der Waals surface area (Å²) in [5, 5.41) is 8.06. The van der Waals surface area contributed by atoms with Crippen LogP contribution >= 0.6 is 0 Å². The average molecular weight is 431 g/mol. The molecule has 0 fully saturated rings. The summed E-state index contributed by atoms with van der Waals surface area (Å²) in [7, 11) is 1.57. The summed E-state index contributed by atoms with van der Waals surface area (Å²) in [6.07, 6.45) is -0.106. The molecule has 0 aliphatic heterocycles. The van der Waals surface area contributed by atoms with E-state index in [0.29, 0.717) is 22.7 Å². The van der Waals surface area contributed by atoms with Crippen molar-refractivity contribution in [2.75, 3.05) is 12.4 Å². The van der Waals surface area contributed by atoms with E-state index < -0.39 is 5.63 Å². The average Bonchev–Trinajstić information content (AvgIpc) is 3.12. The van der Waals surface area contributed by atoms with Crippen LogP contribution < -0.4 is 15.7 Å². The fourth-order valence-electron chi connectivity index (χ4n) is 3.83. The highest BCUT2D eigenvalue weighted by Gasteiger charge is 2.18. The second-order valence-electron chi connectivity index (χ2n) is 7.91. The maximum Gasteiger partial charge on any atom is 0.340 e. The van der Waals surface area contributed by atoms with Crippen molar-refractivity contribution >= 4 is 22.7 Å². The van der Waals surface area contributed by atoms with Gasteiger partial charge in [0.15, 0.2) is 5.82 Å². The zero-order chi connectivity index (χ0) is 23.0. The van der Waals surface area contributed by atoms with Gasteiger partial charge in [-0.1, -0.05) is 17.7 Å². The third-order valence-electron chi connectivity index (χ3n) is 5.64. The van der Waals surface area contributed by atoms with Crippen molar-refractivity contribution in [2.24, 2.45) is 0 Å². The van der Waals surface area contributed by atoms with Gasteiger partial charge < -0.3 is 14.5 Å². The molecule has 4 rings (SSSR count). The molecule has 0 aliphatic rings. The molecule has 1 N–H and O–H groups in total. The first-order valence-electron chi connectivity index (χ1n) is 10.3. The minimum absolute atomic E-state index is 0.106. The molecule has 164 valence electrons. The van der Waals surface area contributed by atoms with Crippen molar-refractivity contribution < 1.29 is 13.9 Å². The Labute approximate surface area is 185 Å². The van der Waals surface area contributed by atoms with Gasteiger partial charge in [-0.05, 0) is 57.5 Å². The van der Waals surface area contributed by atoms with Crippen LogP contribution in [0.3, 0.4) is 0 Å². The molecule has 1 amide bonds. The van der Waals surface area contributed by atoms with Crippen LogP contribution in [-0.4, -0.2) is 22.8 Å². The van der Waals surface area contributed by atoms with Gasteiger partial charge in [0.2, 0.25) is 5.91 Å². The van der Waals surface area contributed by atoms with E-state index in [2.05, 4.69) is 10.4 Å². The highest BCUT2D eigenvalue weighted by Crippen LogP contribution is 2.29. The summed E-state index contributed by atoms with van der Waals surface area (Å²) < 4.78 is 12.6. The number of aryl methyl sites for hydroxylation is 4. The zero-order valence-corrected chi connectivity index (χ0v) is 18.8. The van der Waals surface area contributed by atoms with Crippen LogP contribution in [-0.2, 0) is 11.2 Å². The standard InChI is InChI=1S/C25H25N3O4/c1-14-6-8-18(9-7-14)28-15(2)12-22(27-28)26-23(29)13-20-16(3)19-10-11-21(31-5)17(4)24(19)32-25(20)30/h6-12H,13H2,1-5H3,(H,26,27,29). The number of methoxy groups -OCH3 is 1. The number of amides is 1. The quantitative estimate of drug-likeness (QED) is 0.473. The van der Waals surface area contributed by atoms with Crippen molar-refractivity contribution in [3.05, 3.63) is 80.8 Å². The molecule has 0 radical (unpaired) electrons. The number of hydrogen-bond acceptors (Lipinski definition) is 5. The number of hydrogen-bond donors (Lipinski definition) is 1. The summed E-state index contributed by atoms with van der Waals surface area (Å²) in [5.41, 5.74) is 4.70. The first-order valence-corrected chi connectivity index (χ1v) is 10.3. The fraction of sp³-hybridized carbons (Fsp3) is 0.240. The highest BCUT2D eigenvalue weighted by atomic mass is 16.5. The second kappa shape index (κ2) is 8.34. The van der Waals surface area contributed by atoms with Gasteiger partial charge in [-0.2, -0.15) is 0 Å². The predicted octanol–water partition coefficient (Wildman–Crippen LogP) is 4.40. The first kappa shape index (κ1) is 21.4. The Morgan fingerprint density at radius 1 is 1.06 bits per heavy atom. The van der Waals surface area contributed by atoms with Crippen LogP contribution in [0.1, 0.15) is 27.9 Å². The largest absolute Gasteiger partial charge is 0.496 e. The maximum atomic E-state index is 12.7. The van der Waals surface area contributed by atoms with Gasteiger partial charge in [-0.25, -0.2) is 9.48 Å². The van der Waals surface area contributed by atoms with E-state index in [4.69, 9.17) is 9.15 Å². The van der Waals surface area contributed by atoms with Gasteiger partial charge in [-0.3, -0.25) is 4.79 Å². The Morgan fingerprint density at radius 2 is 1.78 bits per heavy atom. The van der Waals surface area contributed by atoms with Crippen molar-refractivity contribution in [1.82, 2.24) is 9.78 Å². The molecule has 2 heterocycles. The molecule has 0 aliphatic carbocycles.